The molecule has 2 N–H and O–H groups in total. The Morgan fingerprint density at radius 2 is 1.93 bits per heavy atom. The van der Waals surface area contributed by atoms with Gasteiger partial charge in [-0.1, -0.05) is 32.9 Å². The largest absolute Gasteiger partial charge is 0.437 e. The molecule has 0 radical (unpaired) electrons. The predicted molar refractivity (Wildman–Crippen MR) is 114 cm³/mol. The maximum absolute atomic E-state index is 9.07. The lowest BCUT2D eigenvalue weighted by Crippen LogP contribution is -2.10. The highest BCUT2D eigenvalue weighted by molar-refractivity contribution is 5.79. The first-order valence-electron chi connectivity index (χ1n) is 9.33. The fraction of sp³-hybridized carbons (Fsp3) is 0.174. The Bertz CT molecular complexity index is 1210. The first-order valence-corrected chi connectivity index (χ1v) is 9.33. The molecule has 0 unspecified atom stereocenters. The molecule has 2 heterocycles. The molecule has 6 nitrogen and oxygen atoms in total. The molecule has 2 aromatic carbocycles. The number of benzene rings is 2. The summed E-state index contributed by atoms with van der Waals surface area (Å²) in [5, 5.41) is 12.3. The summed E-state index contributed by atoms with van der Waals surface area (Å²) in [6, 6.07) is 19.0. The third-order valence-corrected chi connectivity index (χ3v) is 4.55. The monoisotopic (exact) mass is 383 g/mol. The zero-order valence-corrected chi connectivity index (χ0v) is 16.5. The van der Waals surface area contributed by atoms with E-state index in [1.807, 2.05) is 18.2 Å². The van der Waals surface area contributed by atoms with Crippen molar-refractivity contribution in [1.29, 1.82) is 5.26 Å². The zero-order valence-electron chi connectivity index (χ0n) is 16.5. The van der Waals surface area contributed by atoms with E-state index in [0.717, 1.165) is 11.0 Å². The number of rotatable bonds is 4. The SMILES string of the molecule is CC(C)(C)c1ccc2nc(Nc3cccnc3Oc3cccc(C#N)c3)[nH]c2c1. The highest BCUT2D eigenvalue weighted by Gasteiger charge is 2.15. The summed E-state index contributed by atoms with van der Waals surface area (Å²) >= 11 is 0. The highest BCUT2D eigenvalue weighted by Crippen LogP contribution is 2.30. The Morgan fingerprint density at radius 1 is 1.07 bits per heavy atom. The molecule has 0 amide bonds. The Labute approximate surface area is 169 Å². The van der Waals surface area contributed by atoms with Gasteiger partial charge in [-0.3, -0.25) is 0 Å². The Morgan fingerprint density at radius 3 is 2.72 bits per heavy atom. The summed E-state index contributed by atoms with van der Waals surface area (Å²) in [6.07, 6.45) is 1.66. The molecule has 0 aliphatic heterocycles. The van der Waals surface area contributed by atoms with Gasteiger partial charge >= 0.3 is 0 Å². The third-order valence-electron chi connectivity index (χ3n) is 4.55. The van der Waals surface area contributed by atoms with Crippen LogP contribution in [0.25, 0.3) is 11.0 Å². The minimum absolute atomic E-state index is 0.0647. The van der Waals surface area contributed by atoms with Crippen LogP contribution in [0, 0.1) is 11.3 Å². The van der Waals surface area contributed by atoms with E-state index in [0.29, 0.717) is 28.8 Å². The molecular formula is C23H21N5O. The summed E-state index contributed by atoms with van der Waals surface area (Å²) in [5.41, 5.74) is 4.35. The Kier molecular flexibility index (Phi) is 4.65. The van der Waals surface area contributed by atoms with E-state index in [-0.39, 0.29) is 5.41 Å². The third kappa shape index (κ3) is 4.04. The summed E-state index contributed by atoms with van der Waals surface area (Å²) < 4.78 is 5.90. The van der Waals surface area contributed by atoms with Gasteiger partial charge in [0.15, 0.2) is 0 Å². The molecule has 29 heavy (non-hydrogen) atoms. The lowest BCUT2D eigenvalue weighted by atomic mass is 9.87. The van der Waals surface area contributed by atoms with Gasteiger partial charge in [0.25, 0.3) is 0 Å². The van der Waals surface area contributed by atoms with Crippen molar-refractivity contribution in [2.45, 2.75) is 26.2 Å². The molecule has 0 fully saturated rings. The molecular weight excluding hydrogens is 362 g/mol. The van der Waals surface area contributed by atoms with Gasteiger partial charge in [-0.2, -0.15) is 5.26 Å². The number of hydrogen-bond donors (Lipinski definition) is 2. The first-order chi connectivity index (χ1) is 13.9. The number of imidazole rings is 1. The molecule has 0 aliphatic rings. The molecule has 0 aliphatic carbocycles. The van der Waals surface area contributed by atoms with Crippen molar-refractivity contribution >= 4 is 22.7 Å². The second kappa shape index (κ2) is 7.28. The number of anilines is 2. The average Bonchev–Trinajstić information content (AvgIpc) is 3.10. The van der Waals surface area contributed by atoms with Crippen LogP contribution in [0.2, 0.25) is 0 Å². The predicted octanol–water partition coefficient (Wildman–Crippen LogP) is 5.66. The van der Waals surface area contributed by atoms with Crippen LogP contribution in [0.3, 0.4) is 0 Å². The number of aromatic amines is 1. The molecule has 0 saturated carbocycles. The summed E-state index contributed by atoms with van der Waals surface area (Å²) in [6.45, 7) is 6.55. The molecule has 0 saturated heterocycles. The topological polar surface area (TPSA) is 86.6 Å². The molecule has 0 bridgehead atoms. The van der Waals surface area contributed by atoms with Gasteiger partial charge in [-0.25, -0.2) is 9.97 Å². The van der Waals surface area contributed by atoms with E-state index in [9.17, 15) is 0 Å². The highest BCUT2D eigenvalue weighted by atomic mass is 16.5. The molecule has 2 aromatic heterocycles. The zero-order chi connectivity index (χ0) is 20.4. The average molecular weight is 383 g/mol. The lowest BCUT2D eigenvalue weighted by molar-refractivity contribution is 0.465. The van der Waals surface area contributed by atoms with E-state index in [1.54, 1.807) is 30.5 Å². The van der Waals surface area contributed by atoms with Crippen molar-refractivity contribution in [3.63, 3.8) is 0 Å². The van der Waals surface area contributed by atoms with Crippen LogP contribution in [-0.4, -0.2) is 15.0 Å². The first kappa shape index (κ1) is 18.5. The summed E-state index contributed by atoms with van der Waals surface area (Å²) in [5.74, 6) is 1.55. The number of aromatic nitrogens is 3. The van der Waals surface area contributed by atoms with Gasteiger partial charge in [0.2, 0.25) is 11.8 Å². The van der Waals surface area contributed by atoms with Crippen LogP contribution in [-0.2, 0) is 5.41 Å². The molecule has 144 valence electrons. The van der Waals surface area contributed by atoms with Crippen LogP contribution in [0.4, 0.5) is 11.6 Å². The lowest BCUT2D eigenvalue weighted by Gasteiger charge is -2.18. The van der Waals surface area contributed by atoms with E-state index >= 15 is 0 Å². The van der Waals surface area contributed by atoms with Crippen LogP contribution in [0.15, 0.2) is 60.8 Å². The quantitative estimate of drug-likeness (QED) is 0.475. The van der Waals surface area contributed by atoms with E-state index in [1.165, 1.54) is 5.56 Å². The van der Waals surface area contributed by atoms with Crippen LogP contribution in [0.5, 0.6) is 11.6 Å². The maximum atomic E-state index is 9.07. The standard InChI is InChI=1S/C23H21N5O/c1-23(2,3)16-9-10-18-20(13-16)28-22(26-18)27-19-8-5-11-25-21(19)29-17-7-4-6-15(12-17)14-24/h4-13H,1-3H3,(H2,26,27,28). The van der Waals surface area contributed by atoms with E-state index < -0.39 is 0 Å². The van der Waals surface area contributed by atoms with Crippen LogP contribution < -0.4 is 10.1 Å². The van der Waals surface area contributed by atoms with Crippen LogP contribution in [0.1, 0.15) is 31.9 Å². The molecule has 0 atom stereocenters. The number of nitrogens with one attached hydrogen (secondary N) is 2. The fourth-order valence-corrected chi connectivity index (χ4v) is 2.97. The molecule has 4 rings (SSSR count). The van der Waals surface area contributed by atoms with Crippen molar-refractivity contribution in [3.05, 3.63) is 71.9 Å². The van der Waals surface area contributed by atoms with Gasteiger partial charge in [0.1, 0.15) is 11.4 Å². The summed E-state index contributed by atoms with van der Waals surface area (Å²) in [7, 11) is 0. The van der Waals surface area contributed by atoms with Gasteiger partial charge < -0.3 is 15.0 Å². The number of fused-ring (bicyclic) bond motifs is 1. The smallest absolute Gasteiger partial charge is 0.243 e. The van der Waals surface area contributed by atoms with Gasteiger partial charge in [-0.15, -0.1) is 0 Å². The number of hydrogen-bond acceptors (Lipinski definition) is 5. The minimum atomic E-state index is 0.0647. The van der Waals surface area contributed by atoms with Crippen LogP contribution >= 0.6 is 0 Å². The molecule has 4 aromatic rings. The normalized spacial score (nSPS) is 11.2. The number of H-pyrrole nitrogens is 1. The summed E-state index contributed by atoms with van der Waals surface area (Å²) in [4.78, 5) is 12.2. The Hall–Kier alpha value is -3.85. The molecule has 0 spiro atoms. The maximum Gasteiger partial charge on any atom is 0.243 e. The fourth-order valence-electron chi connectivity index (χ4n) is 2.97. The van der Waals surface area contributed by atoms with Crippen molar-refractivity contribution in [3.8, 4) is 17.7 Å². The number of nitrogens with zero attached hydrogens (tertiary/aromatic N) is 3. The van der Waals surface area contributed by atoms with E-state index in [2.05, 4.69) is 59.2 Å². The second-order valence-electron chi connectivity index (χ2n) is 7.79. The van der Waals surface area contributed by atoms with Crippen molar-refractivity contribution < 1.29 is 4.74 Å². The van der Waals surface area contributed by atoms with Gasteiger partial charge in [-0.05, 0) is 53.4 Å². The minimum Gasteiger partial charge on any atom is -0.437 e. The number of ether oxygens (including phenoxy) is 1. The second-order valence-corrected chi connectivity index (χ2v) is 7.79. The van der Waals surface area contributed by atoms with E-state index in [4.69, 9.17) is 10.00 Å². The van der Waals surface area contributed by atoms with Crippen molar-refractivity contribution in [2.24, 2.45) is 0 Å². The molecule has 6 heteroatoms. The number of nitriles is 1. The van der Waals surface area contributed by atoms with Gasteiger partial charge in [0.05, 0.1) is 22.7 Å². The van der Waals surface area contributed by atoms with Gasteiger partial charge in [0, 0.05) is 6.20 Å². The van der Waals surface area contributed by atoms with Crippen molar-refractivity contribution in [1.82, 2.24) is 15.0 Å². The number of pyridine rings is 1. The Balaban J connectivity index is 1.62. The van der Waals surface area contributed by atoms with Crippen molar-refractivity contribution in [2.75, 3.05) is 5.32 Å².